The van der Waals surface area contributed by atoms with E-state index in [0.29, 0.717) is 19.5 Å². The SMILES string of the molecule is CC(C)(C)OC(=O)NCCCNC(=O)c1cn(I)nn1. The van der Waals surface area contributed by atoms with E-state index in [1.54, 1.807) is 20.8 Å². The maximum absolute atomic E-state index is 11.6. The zero-order chi connectivity index (χ0) is 15.2. The summed E-state index contributed by atoms with van der Waals surface area (Å²) < 4.78 is 6.51. The lowest BCUT2D eigenvalue weighted by molar-refractivity contribution is 0.0527. The van der Waals surface area contributed by atoms with Gasteiger partial charge in [0.05, 0.1) is 29.1 Å². The Labute approximate surface area is 131 Å². The van der Waals surface area contributed by atoms with Crippen molar-refractivity contribution in [3.8, 4) is 0 Å². The largest absolute Gasteiger partial charge is 0.444 e. The predicted octanol–water partition coefficient (Wildman–Crippen LogP) is 1.12. The summed E-state index contributed by atoms with van der Waals surface area (Å²) in [6.07, 6.45) is 1.66. The molecule has 20 heavy (non-hydrogen) atoms. The number of nitrogens with one attached hydrogen (secondary N) is 2. The summed E-state index contributed by atoms with van der Waals surface area (Å²) in [5, 5.41) is 12.6. The van der Waals surface area contributed by atoms with E-state index in [0.717, 1.165) is 0 Å². The van der Waals surface area contributed by atoms with E-state index in [4.69, 9.17) is 4.74 Å². The first-order valence-electron chi connectivity index (χ1n) is 6.11. The molecule has 0 unspecified atom stereocenters. The second-order valence-electron chi connectivity index (χ2n) is 5.03. The lowest BCUT2D eigenvalue weighted by Gasteiger charge is -2.19. The van der Waals surface area contributed by atoms with Crippen LogP contribution in [0.5, 0.6) is 0 Å². The summed E-state index contributed by atoms with van der Waals surface area (Å²) in [6.45, 7) is 6.25. The molecule has 0 bridgehead atoms. The van der Waals surface area contributed by atoms with E-state index < -0.39 is 11.7 Å². The molecule has 1 aromatic rings. The molecule has 0 aromatic carbocycles. The van der Waals surface area contributed by atoms with Gasteiger partial charge in [0.1, 0.15) is 5.60 Å². The summed E-state index contributed by atoms with van der Waals surface area (Å²) in [5.41, 5.74) is -0.247. The van der Waals surface area contributed by atoms with Gasteiger partial charge in [-0.15, -0.1) is 5.10 Å². The van der Waals surface area contributed by atoms with Crippen molar-refractivity contribution in [1.82, 2.24) is 23.8 Å². The van der Waals surface area contributed by atoms with Gasteiger partial charge in [-0.2, -0.15) is 2.90 Å². The van der Waals surface area contributed by atoms with Crippen LogP contribution in [-0.2, 0) is 4.74 Å². The van der Waals surface area contributed by atoms with Gasteiger partial charge in [0.2, 0.25) is 0 Å². The number of halogens is 1. The highest BCUT2D eigenvalue weighted by atomic mass is 127. The highest BCUT2D eigenvalue weighted by Gasteiger charge is 2.15. The van der Waals surface area contributed by atoms with Crippen molar-refractivity contribution in [2.45, 2.75) is 32.8 Å². The van der Waals surface area contributed by atoms with Crippen LogP contribution < -0.4 is 10.6 Å². The molecule has 0 aliphatic rings. The molecule has 2 N–H and O–H groups in total. The van der Waals surface area contributed by atoms with Crippen molar-refractivity contribution in [3.05, 3.63) is 11.9 Å². The van der Waals surface area contributed by atoms with Crippen LogP contribution >= 0.6 is 22.9 Å². The van der Waals surface area contributed by atoms with E-state index in [9.17, 15) is 9.59 Å². The second-order valence-corrected chi connectivity index (χ2v) is 6.02. The third kappa shape index (κ3) is 6.68. The Morgan fingerprint density at radius 2 is 2.00 bits per heavy atom. The molecule has 0 spiro atoms. The summed E-state index contributed by atoms with van der Waals surface area (Å²) in [5.74, 6) is -0.287. The molecule has 0 saturated heterocycles. The van der Waals surface area contributed by atoms with Gasteiger partial charge in [-0.25, -0.2) is 4.79 Å². The van der Waals surface area contributed by atoms with Crippen LogP contribution in [0.15, 0.2) is 6.20 Å². The van der Waals surface area contributed by atoms with E-state index in [1.807, 2.05) is 22.9 Å². The van der Waals surface area contributed by atoms with Gasteiger partial charge < -0.3 is 15.4 Å². The smallest absolute Gasteiger partial charge is 0.407 e. The molecule has 9 heteroatoms. The molecule has 0 saturated carbocycles. The van der Waals surface area contributed by atoms with Crippen LogP contribution in [0.25, 0.3) is 0 Å². The Kier molecular flexibility index (Phi) is 6.17. The van der Waals surface area contributed by atoms with Gasteiger partial charge in [-0.3, -0.25) is 4.79 Å². The van der Waals surface area contributed by atoms with Gasteiger partial charge in [0.25, 0.3) is 5.91 Å². The molecule has 0 radical (unpaired) electrons. The summed E-state index contributed by atoms with van der Waals surface area (Å²) >= 11 is 1.90. The quantitative estimate of drug-likeness (QED) is 0.575. The minimum Gasteiger partial charge on any atom is -0.444 e. The minimum absolute atomic E-state index is 0.263. The number of rotatable bonds is 5. The number of nitrogens with zero attached hydrogens (tertiary/aromatic N) is 3. The summed E-state index contributed by atoms with van der Waals surface area (Å²) in [6, 6.07) is 0. The maximum atomic E-state index is 11.6. The van der Waals surface area contributed by atoms with Crippen molar-refractivity contribution in [3.63, 3.8) is 0 Å². The number of aromatic nitrogens is 3. The normalized spacial score (nSPS) is 11.0. The van der Waals surface area contributed by atoms with Crippen LogP contribution in [-0.4, -0.2) is 43.9 Å². The Bertz CT molecular complexity index is 469. The lowest BCUT2D eigenvalue weighted by atomic mass is 10.2. The Balaban J connectivity index is 2.13. The molecule has 1 rings (SSSR count). The van der Waals surface area contributed by atoms with E-state index in [2.05, 4.69) is 20.9 Å². The summed E-state index contributed by atoms with van der Waals surface area (Å²) in [7, 11) is 0. The molecular weight excluding hydrogens is 377 g/mol. The third-order valence-electron chi connectivity index (χ3n) is 2.01. The van der Waals surface area contributed by atoms with Crippen molar-refractivity contribution >= 4 is 34.9 Å². The average molecular weight is 395 g/mol. The topological polar surface area (TPSA) is 98.1 Å². The van der Waals surface area contributed by atoms with E-state index >= 15 is 0 Å². The van der Waals surface area contributed by atoms with Crippen LogP contribution in [0.4, 0.5) is 4.79 Å². The number of hydrogen-bond donors (Lipinski definition) is 2. The first-order chi connectivity index (χ1) is 9.28. The molecule has 1 aromatic heterocycles. The van der Waals surface area contributed by atoms with E-state index in [1.165, 1.54) is 9.09 Å². The van der Waals surface area contributed by atoms with Gasteiger partial charge in [-0.05, 0) is 27.2 Å². The second kappa shape index (κ2) is 7.41. The number of hydrogen-bond acceptors (Lipinski definition) is 5. The molecule has 112 valence electrons. The van der Waals surface area contributed by atoms with Crippen LogP contribution in [0.1, 0.15) is 37.7 Å². The molecule has 0 atom stereocenters. The van der Waals surface area contributed by atoms with Gasteiger partial charge in [0, 0.05) is 13.1 Å². The monoisotopic (exact) mass is 395 g/mol. The molecule has 1 heterocycles. The Morgan fingerprint density at radius 1 is 1.35 bits per heavy atom. The summed E-state index contributed by atoms with van der Waals surface area (Å²) in [4.78, 5) is 22.9. The van der Waals surface area contributed by atoms with Gasteiger partial charge >= 0.3 is 6.09 Å². The fourth-order valence-electron chi connectivity index (χ4n) is 1.23. The van der Waals surface area contributed by atoms with Gasteiger partial charge in [-0.1, -0.05) is 5.21 Å². The molecule has 0 aliphatic carbocycles. The first-order valence-corrected chi connectivity index (χ1v) is 7.08. The van der Waals surface area contributed by atoms with Crippen molar-refractivity contribution < 1.29 is 14.3 Å². The molecule has 0 aliphatic heterocycles. The van der Waals surface area contributed by atoms with Crippen molar-refractivity contribution in [2.75, 3.05) is 13.1 Å². The zero-order valence-corrected chi connectivity index (χ0v) is 13.8. The minimum atomic E-state index is -0.510. The van der Waals surface area contributed by atoms with Crippen LogP contribution in [0, 0.1) is 0 Å². The Morgan fingerprint density at radius 3 is 2.55 bits per heavy atom. The maximum Gasteiger partial charge on any atom is 0.407 e. The number of carbonyl (C=O) groups excluding carboxylic acids is 2. The highest BCUT2D eigenvalue weighted by molar-refractivity contribution is 14.1. The van der Waals surface area contributed by atoms with Gasteiger partial charge in [0.15, 0.2) is 5.69 Å². The Hall–Kier alpha value is -1.39. The first kappa shape index (κ1) is 16.7. The third-order valence-corrected chi connectivity index (χ3v) is 2.48. The molecule has 2 amide bonds. The zero-order valence-electron chi connectivity index (χ0n) is 11.6. The van der Waals surface area contributed by atoms with Crippen molar-refractivity contribution in [1.29, 1.82) is 0 Å². The number of ether oxygens (including phenoxy) is 1. The number of carbonyl (C=O) groups is 2. The molecule has 0 fully saturated rings. The van der Waals surface area contributed by atoms with E-state index in [-0.39, 0.29) is 11.6 Å². The lowest BCUT2D eigenvalue weighted by Crippen LogP contribution is -2.34. The number of alkyl carbamates (subject to hydrolysis) is 1. The van der Waals surface area contributed by atoms with Crippen LogP contribution in [0.2, 0.25) is 0 Å². The molecule has 8 nitrogen and oxygen atoms in total. The number of amides is 2. The van der Waals surface area contributed by atoms with Crippen LogP contribution in [0.3, 0.4) is 0 Å². The standard InChI is InChI=1S/C11H18IN5O3/c1-11(2,3)20-10(19)14-6-4-5-13-9(18)8-7-17(12)16-15-8/h7H,4-6H2,1-3H3,(H,13,18)(H,14,19). The average Bonchev–Trinajstić information content (AvgIpc) is 2.73. The highest BCUT2D eigenvalue weighted by Crippen LogP contribution is 2.06. The fraction of sp³-hybridized carbons (Fsp3) is 0.636. The predicted molar refractivity (Wildman–Crippen MR) is 80.6 cm³/mol. The fourth-order valence-corrected chi connectivity index (χ4v) is 1.59. The molecular formula is C11H18IN5O3. The van der Waals surface area contributed by atoms with Crippen molar-refractivity contribution in [2.24, 2.45) is 0 Å².